The minimum absolute atomic E-state index is 0.355. The van der Waals surface area contributed by atoms with Gasteiger partial charge in [0.2, 0.25) is 0 Å². The number of hydrogen-bond donors (Lipinski definition) is 1. The third-order valence-corrected chi connectivity index (χ3v) is 6.58. The van der Waals surface area contributed by atoms with E-state index in [1.165, 1.54) is 6.07 Å². The topological polar surface area (TPSA) is 83.2 Å². The molecule has 35 heavy (non-hydrogen) atoms. The van der Waals surface area contributed by atoms with Crippen LogP contribution in [0.25, 0.3) is 49.8 Å². The van der Waals surface area contributed by atoms with Crippen LogP contribution in [0.1, 0.15) is 25.2 Å². The molecule has 0 saturated heterocycles. The van der Waals surface area contributed by atoms with E-state index in [1.54, 1.807) is 12.4 Å². The van der Waals surface area contributed by atoms with Gasteiger partial charge in [-0.3, -0.25) is 9.55 Å². The SMILES string of the molecule is Cc1nc2cnc3cc(F)c(-c4cnc5[nH]ccc5c4)cc3c2n1-c1ccc(C(C)(C)C#N)cc1. The van der Waals surface area contributed by atoms with Crippen LogP contribution in [-0.2, 0) is 5.41 Å². The van der Waals surface area contributed by atoms with Crippen molar-refractivity contribution in [3.8, 4) is 22.9 Å². The lowest BCUT2D eigenvalue weighted by atomic mass is 9.86. The minimum atomic E-state index is -0.581. The van der Waals surface area contributed by atoms with Gasteiger partial charge >= 0.3 is 0 Å². The fourth-order valence-electron chi connectivity index (χ4n) is 4.61. The molecule has 0 bridgehead atoms. The van der Waals surface area contributed by atoms with Gasteiger partial charge in [-0.05, 0) is 56.7 Å². The second-order valence-corrected chi connectivity index (χ2v) is 9.26. The van der Waals surface area contributed by atoms with E-state index in [4.69, 9.17) is 4.98 Å². The van der Waals surface area contributed by atoms with Crippen LogP contribution in [-0.4, -0.2) is 24.5 Å². The van der Waals surface area contributed by atoms with Crippen LogP contribution in [0.3, 0.4) is 0 Å². The number of halogens is 1. The fourth-order valence-corrected chi connectivity index (χ4v) is 4.61. The van der Waals surface area contributed by atoms with Crippen molar-refractivity contribution in [2.75, 3.05) is 0 Å². The standard InChI is InChI=1S/C28H21FN6/c1-16-34-25-14-32-24-12-23(29)21(18-10-17-8-9-31-27(17)33-13-18)11-22(24)26(25)35(16)20-6-4-19(5-7-20)28(2,3)15-30/h4-14H,1-3H3,(H,31,33). The van der Waals surface area contributed by atoms with Crippen LogP contribution in [0.15, 0.2) is 67.1 Å². The van der Waals surface area contributed by atoms with Gasteiger partial charge < -0.3 is 4.98 Å². The summed E-state index contributed by atoms with van der Waals surface area (Å²) in [6.07, 6.45) is 5.17. The monoisotopic (exact) mass is 460 g/mol. The summed E-state index contributed by atoms with van der Waals surface area (Å²) in [5.74, 6) is 0.440. The highest BCUT2D eigenvalue weighted by molar-refractivity contribution is 6.05. The number of hydrogen-bond acceptors (Lipinski definition) is 4. The first-order valence-electron chi connectivity index (χ1n) is 11.3. The molecule has 6 rings (SSSR count). The van der Waals surface area contributed by atoms with Gasteiger partial charge in [0.05, 0.1) is 28.7 Å². The molecule has 6 nitrogen and oxygen atoms in total. The molecule has 0 atom stereocenters. The van der Waals surface area contributed by atoms with Crippen molar-refractivity contribution < 1.29 is 4.39 Å². The Labute approximate surface area is 200 Å². The van der Waals surface area contributed by atoms with Gasteiger partial charge in [-0.1, -0.05) is 12.1 Å². The van der Waals surface area contributed by atoms with Crippen molar-refractivity contribution in [1.29, 1.82) is 5.26 Å². The van der Waals surface area contributed by atoms with E-state index >= 15 is 4.39 Å². The van der Waals surface area contributed by atoms with Crippen LogP contribution in [0.5, 0.6) is 0 Å². The first-order chi connectivity index (χ1) is 16.9. The largest absolute Gasteiger partial charge is 0.346 e. The summed E-state index contributed by atoms with van der Waals surface area (Å²) in [7, 11) is 0. The van der Waals surface area contributed by atoms with Crippen molar-refractivity contribution in [3.63, 3.8) is 0 Å². The van der Waals surface area contributed by atoms with Gasteiger partial charge in [-0.15, -0.1) is 0 Å². The Morgan fingerprint density at radius 2 is 1.80 bits per heavy atom. The average molecular weight is 461 g/mol. The maximum absolute atomic E-state index is 15.2. The van der Waals surface area contributed by atoms with Gasteiger partial charge in [-0.25, -0.2) is 14.4 Å². The molecule has 0 saturated carbocycles. The number of pyridine rings is 2. The maximum Gasteiger partial charge on any atom is 0.137 e. The summed E-state index contributed by atoms with van der Waals surface area (Å²) in [4.78, 5) is 16.7. The molecule has 4 aromatic heterocycles. The molecule has 1 N–H and O–H groups in total. The molecule has 0 aliphatic heterocycles. The number of nitrogens with zero attached hydrogens (tertiary/aromatic N) is 5. The van der Waals surface area contributed by atoms with Crippen LogP contribution in [0.2, 0.25) is 0 Å². The van der Waals surface area contributed by atoms with Gasteiger partial charge in [0.15, 0.2) is 0 Å². The summed E-state index contributed by atoms with van der Waals surface area (Å²) < 4.78 is 17.3. The second kappa shape index (κ2) is 7.47. The molecular weight excluding hydrogens is 439 g/mol. The zero-order chi connectivity index (χ0) is 24.3. The van der Waals surface area contributed by atoms with Crippen LogP contribution < -0.4 is 0 Å². The average Bonchev–Trinajstić information content (AvgIpc) is 3.46. The predicted octanol–water partition coefficient (Wildman–Crippen LogP) is 6.37. The van der Waals surface area contributed by atoms with E-state index in [1.807, 2.05) is 69.4 Å². The third kappa shape index (κ3) is 3.26. The number of aromatic amines is 1. The molecule has 0 aliphatic carbocycles. The van der Waals surface area contributed by atoms with E-state index in [9.17, 15) is 5.26 Å². The number of aromatic nitrogens is 5. The van der Waals surface area contributed by atoms with Crippen molar-refractivity contribution in [2.24, 2.45) is 0 Å². The first-order valence-corrected chi connectivity index (χ1v) is 11.3. The van der Waals surface area contributed by atoms with Crippen LogP contribution in [0.4, 0.5) is 4.39 Å². The van der Waals surface area contributed by atoms with Crippen LogP contribution in [0, 0.1) is 24.1 Å². The van der Waals surface area contributed by atoms with Gasteiger partial charge in [-0.2, -0.15) is 5.26 Å². The number of aryl methyl sites for hydroxylation is 1. The molecule has 0 amide bonds. The lowest BCUT2D eigenvalue weighted by molar-refractivity contribution is 0.633. The van der Waals surface area contributed by atoms with Gasteiger partial charge in [0, 0.05) is 46.0 Å². The molecule has 7 heteroatoms. The van der Waals surface area contributed by atoms with E-state index in [2.05, 4.69) is 25.6 Å². The zero-order valence-corrected chi connectivity index (χ0v) is 19.5. The molecule has 170 valence electrons. The Balaban J connectivity index is 1.59. The molecule has 2 aromatic carbocycles. The molecule has 0 radical (unpaired) electrons. The summed E-state index contributed by atoms with van der Waals surface area (Å²) in [6, 6.07) is 17.4. The number of rotatable bonds is 3. The Morgan fingerprint density at radius 3 is 2.57 bits per heavy atom. The molecule has 0 spiro atoms. The van der Waals surface area contributed by atoms with Gasteiger partial charge in [0.1, 0.15) is 22.8 Å². The smallest absolute Gasteiger partial charge is 0.137 e. The highest BCUT2D eigenvalue weighted by Crippen LogP contribution is 2.34. The maximum atomic E-state index is 15.2. The van der Waals surface area contributed by atoms with E-state index < -0.39 is 5.41 Å². The number of benzene rings is 2. The molecule has 0 aliphatic rings. The summed E-state index contributed by atoms with van der Waals surface area (Å²) in [5, 5.41) is 11.2. The highest BCUT2D eigenvalue weighted by atomic mass is 19.1. The predicted molar refractivity (Wildman–Crippen MR) is 135 cm³/mol. The lowest BCUT2D eigenvalue weighted by Crippen LogP contribution is -2.13. The lowest BCUT2D eigenvalue weighted by Gasteiger charge is -2.17. The van der Waals surface area contributed by atoms with Crippen molar-refractivity contribution in [1.82, 2.24) is 24.5 Å². The Kier molecular flexibility index (Phi) is 4.48. The molecule has 6 aromatic rings. The number of nitriles is 1. The fraction of sp³-hybridized carbons (Fsp3) is 0.143. The quantitative estimate of drug-likeness (QED) is 0.333. The number of fused-ring (bicyclic) bond motifs is 4. The zero-order valence-electron chi connectivity index (χ0n) is 19.5. The molecular formula is C28H21FN6. The Bertz CT molecular complexity index is 1800. The normalized spacial score (nSPS) is 12.0. The number of H-pyrrole nitrogens is 1. The minimum Gasteiger partial charge on any atom is -0.346 e. The number of nitrogens with one attached hydrogen (secondary N) is 1. The van der Waals surface area contributed by atoms with Gasteiger partial charge in [0.25, 0.3) is 0 Å². The van der Waals surface area contributed by atoms with E-state index in [-0.39, 0.29) is 5.82 Å². The van der Waals surface area contributed by atoms with Crippen molar-refractivity contribution in [3.05, 3.63) is 84.3 Å². The molecule has 0 fully saturated rings. The summed E-state index contributed by atoms with van der Waals surface area (Å²) in [6.45, 7) is 5.73. The Hall–Kier alpha value is -4.57. The van der Waals surface area contributed by atoms with E-state index in [0.717, 1.165) is 44.5 Å². The molecule has 4 heterocycles. The molecule has 0 unspecified atom stereocenters. The van der Waals surface area contributed by atoms with Crippen molar-refractivity contribution in [2.45, 2.75) is 26.2 Å². The second-order valence-electron chi connectivity index (χ2n) is 9.26. The summed E-state index contributed by atoms with van der Waals surface area (Å²) >= 11 is 0. The number of imidazole rings is 1. The third-order valence-electron chi connectivity index (χ3n) is 6.58. The van der Waals surface area contributed by atoms with E-state index in [0.29, 0.717) is 16.6 Å². The Morgan fingerprint density at radius 1 is 1.00 bits per heavy atom. The van der Waals surface area contributed by atoms with Crippen LogP contribution >= 0.6 is 0 Å². The highest BCUT2D eigenvalue weighted by Gasteiger charge is 2.21. The van der Waals surface area contributed by atoms with Crippen molar-refractivity contribution >= 4 is 33.0 Å². The first kappa shape index (κ1) is 21.0. The summed E-state index contributed by atoms with van der Waals surface area (Å²) in [5.41, 5.74) is 5.32.